The Morgan fingerprint density at radius 2 is 1.69 bits per heavy atom. The summed E-state index contributed by atoms with van der Waals surface area (Å²) in [6, 6.07) is 28.9. The van der Waals surface area contributed by atoms with Crippen LogP contribution in [-0.2, 0) is 0 Å². The normalized spacial score (nSPS) is 11.2. The van der Waals surface area contributed by atoms with E-state index in [-0.39, 0.29) is 5.91 Å². The summed E-state index contributed by atoms with van der Waals surface area (Å²) < 4.78 is 0. The lowest BCUT2D eigenvalue weighted by molar-refractivity contribution is 0.102. The molecule has 0 radical (unpaired) electrons. The van der Waals surface area contributed by atoms with Gasteiger partial charge in [-0.15, -0.1) is 0 Å². The lowest BCUT2D eigenvalue weighted by atomic mass is 10.1. The van der Waals surface area contributed by atoms with Crippen molar-refractivity contribution >= 4 is 33.5 Å². The van der Waals surface area contributed by atoms with E-state index in [1.165, 1.54) is 0 Å². The third-order valence-electron chi connectivity index (χ3n) is 6.60. The van der Waals surface area contributed by atoms with Crippen molar-refractivity contribution in [1.82, 2.24) is 30.1 Å². The Bertz CT molecular complexity index is 1960. The molecular weight excluding hydrogens is 486 g/mol. The van der Waals surface area contributed by atoms with Gasteiger partial charge in [0, 0.05) is 40.0 Å². The molecule has 0 saturated carbocycles. The summed E-state index contributed by atoms with van der Waals surface area (Å²) in [4.78, 5) is 29.9. The highest BCUT2D eigenvalue weighted by Gasteiger charge is 2.16. The van der Waals surface area contributed by atoms with Gasteiger partial charge >= 0.3 is 0 Å². The largest absolute Gasteiger partial charge is 0.353 e. The molecule has 8 nitrogen and oxygen atoms in total. The van der Waals surface area contributed by atoms with Crippen molar-refractivity contribution in [2.24, 2.45) is 0 Å². The first-order valence-corrected chi connectivity index (χ1v) is 12.4. The second-order valence-electron chi connectivity index (χ2n) is 9.11. The van der Waals surface area contributed by atoms with Gasteiger partial charge in [-0.05, 0) is 54.6 Å². The van der Waals surface area contributed by atoms with E-state index in [2.05, 4.69) is 42.6 Å². The summed E-state index contributed by atoms with van der Waals surface area (Å²) in [7, 11) is 0. The first-order chi connectivity index (χ1) is 19.2. The molecule has 186 valence electrons. The molecule has 0 spiro atoms. The van der Waals surface area contributed by atoms with Crippen molar-refractivity contribution in [3.05, 3.63) is 115 Å². The van der Waals surface area contributed by atoms with Gasteiger partial charge in [-0.1, -0.05) is 36.4 Å². The lowest BCUT2D eigenvalue weighted by Crippen LogP contribution is -2.11. The van der Waals surface area contributed by atoms with Crippen molar-refractivity contribution in [2.75, 3.05) is 5.32 Å². The number of amides is 1. The zero-order chi connectivity index (χ0) is 26.2. The van der Waals surface area contributed by atoms with Crippen molar-refractivity contribution in [1.29, 1.82) is 0 Å². The number of aromatic amines is 2. The molecule has 1 amide bonds. The topological polar surface area (TPSA) is 112 Å². The van der Waals surface area contributed by atoms with E-state index in [0.29, 0.717) is 11.3 Å². The fraction of sp³-hybridized carbons (Fsp3) is 0. The van der Waals surface area contributed by atoms with Crippen LogP contribution in [0.15, 0.2) is 110 Å². The minimum atomic E-state index is -0.195. The molecule has 0 bridgehead atoms. The van der Waals surface area contributed by atoms with Crippen molar-refractivity contribution in [3.63, 3.8) is 0 Å². The van der Waals surface area contributed by atoms with E-state index in [9.17, 15) is 4.79 Å². The van der Waals surface area contributed by atoms with Gasteiger partial charge in [-0.25, -0.2) is 4.98 Å². The minimum Gasteiger partial charge on any atom is -0.353 e. The van der Waals surface area contributed by atoms with E-state index in [1.54, 1.807) is 30.7 Å². The molecule has 0 atom stereocenters. The second kappa shape index (κ2) is 9.35. The molecule has 8 heteroatoms. The van der Waals surface area contributed by atoms with Crippen LogP contribution in [0.1, 0.15) is 10.4 Å². The van der Waals surface area contributed by atoms with Gasteiger partial charge in [0.1, 0.15) is 11.2 Å². The van der Waals surface area contributed by atoms with E-state index < -0.39 is 0 Å². The number of aromatic nitrogens is 6. The average Bonchev–Trinajstić information content (AvgIpc) is 3.62. The number of nitrogens with zero attached hydrogens (tertiary/aromatic N) is 4. The van der Waals surface area contributed by atoms with E-state index in [4.69, 9.17) is 4.98 Å². The Labute approximate surface area is 222 Å². The highest BCUT2D eigenvalue weighted by Crippen LogP contribution is 2.33. The van der Waals surface area contributed by atoms with Gasteiger partial charge in [0.25, 0.3) is 5.91 Å². The number of carbonyl (C=O) groups is 1. The Hall–Kier alpha value is -5.63. The number of hydrogen-bond donors (Lipinski definition) is 3. The van der Waals surface area contributed by atoms with E-state index in [1.807, 2.05) is 66.7 Å². The molecule has 0 aliphatic rings. The van der Waals surface area contributed by atoms with Crippen LogP contribution >= 0.6 is 0 Å². The third kappa shape index (κ3) is 4.19. The molecule has 0 aliphatic carbocycles. The maximum atomic E-state index is 12.6. The molecule has 5 heterocycles. The SMILES string of the molecule is O=C(Nc1cncc(-c2ccc3[nH]nc(-c4cc5c(-c6ccccn6)cccc5[nH]4)c3n2)c1)c1ccccc1. The Kier molecular flexibility index (Phi) is 5.41. The molecule has 3 N–H and O–H groups in total. The predicted octanol–water partition coefficient (Wildman–Crippen LogP) is 6.48. The summed E-state index contributed by atoms with van der Waals surface area (Å²) >= 11 is 0. The Balaban J connectivity index is 1.25. The number of benzene rings is 2. The first-order valence-electron chi connectivity index (χ1n) is 12.4. The van der Waals surface area contributed by atoms with Gasteiger partial charge in [-0.3, -0.25) is 19.9 Å². The maximum Gasteiger partial charge on any atom is 0.255 e. The number of nitrogens with one attached hydrogen (secondary N) is 3. The molecule has 7 rings (SSSR count). The van der Waals surface area contributed by atoms with Crippen molar-refractivity contribution in [2.45, 2.75) is 0 Å². The number of H-pyrrole nitrogens is 2. The maximum absolute atomic E-state index is 12.6. The number of fused-ring (bicyclic) bond motifs is 2. The molecule has 5 aromatic heterocycles. The highest BCUT2D eigenvalue weighted by atomic mass is 16.1. The van der Waals surface area contributed by atoms with Crippen LogP contribution in [-0.4, -0.2) is 36.0 Å². The van der Waals surface area contributed by atoms with Crippen molar-refractivity contribution in [3.8, 4) is 33.9 Å². The second-order valence-corrected chi connectivity index (χ2v) is 9.11. The van der Waals surface area contributed by atoms with Crippen LogP contribution in [0.3, 0.4) is 0 Å². The standard InChI is InChI=1S/C31H21N7O/c39-31(19-7-2-1-3-8-19)34-21-15-20(17-32-18-21)24-12-13-27-29(36-24)30(38-37-27)28-16-23-22(9-6-11-26(23)35-28)25-10-4-5-14-33-25/h1-18,35H,(H,34,39)(H,37,38). The van der Waals surface area contributed by atoms with E-state index >= 15 is 0 Å². The molecule has 0 unspecified atom stereocenters. The minimum absolute atomic E-state index is 0.195. The van der Waals surface area contributed by atoms with Gasteiger partial charge in [-0.2, -0.15) is 5.10 Å². The quantitative estimate of drug-likeness (QED) is 0.247. The monoisotopic (exact) mass is 507 g/mol. The third-order valence-corrected chi connectivity index (χ3v) is 6.60. The predicted molar refractivity (Wildman–Crippen MR) is 152 cm³/mol. The fourth-order valence-corrected chi connectivity index (χ4v) is 4.72. The molecule has 0 fully saturated rings. The molecule has 7 aromatic rings. The highest BCUT2D eigenvalue weighted by molar-refractivity contribution is 6.04. The van der Waals surface area contributed by atoms with Gasteiger partial charge < -0.3 is 10.3 Å². The van der Waals surface area contributed by atoms with Gasteiger partial charge in [0.05, 0.1) is 34.5 Å². The zero-order valence-corrected chi connectivity index (χ0v) is 20.6. The van der Waals surface area contributed by atoms with Crippen LogP contribution < -0.4 is 5.32 Å². The van der Waals surface area contributed by atoms with Crippen molar-refractivity contribution < 1.29 is 4.79 Å². The summed E-state index contributed by atoms with van der Waals surface area (Å²) in [5, 5.41) is 11.6. The first kappa shape index (κ1) is 22.6. The van der Waals surface area contributed by atoms with Crippen LogP contribution in [0, 0.1) is 0 Å². The van der Waals surface area contributed by atoms with Crippen LogP contribution in [0.25, 0.3) is 55.8 Å². The number of pyridine rings is 3. The zero-order valence-electron chi connectivity index (χ0n) is 20.6. The molecular formula is C31H21N7O. The van der Waals surface area contributed by atoms with Crippen LogP contribution in [0.4, 0.5) is 5.69 Å². The summed E-state index contributed by atoms with van der Waals surface area (Å²) in [6.45, 7) is 0. The summed E-state index contributed by atoms with van der Waals surface area (Å²) in [6.07, 6.45) is 5.15. The summed E-state index contributed by atoms with van der Waals surface area (Å²) in [5.41, 5.74) is 8.74. The van der Waals surface area contributed by atoms with Crippen LogP contribution in [0.2, 0.25) is 0 Å². The number of hydrogen-bond acceptors (Lipinski definition) is 5. The van der Waals surface area contributed by atoms with Gasteiger partial charge in [0.15, 0.2) is 0 Å². The van der Waals surface area contributed by atoms with Crippen LogP contribution in [0.5, 0.6) is 0 Å². The van der Waals surface area contributed by atoms with E-state index in [0.717, 1.165) is 55.8 Å². The Morgan fingerprint density at radius 1 is 0.795 bits per heavy atom. The molecule has 39 heavy (non-hydrogen) atoms. The molecule has 2 aromatic carbocycles. The average molecular weight is 508 g/mol. The number of anilines is 1. The lowest BCUT2D eigenvalue weighted by Gasteiger charge is -2.07. The summed E-state index contributed by atoms with van der Waals surface area (Å²) in [5.74, 6) is -0.195. The van der Waals surface area contributed by atoms with Gasteiger partial charge in [0.2, 0.25) is 0 Å². The smallest absolute Gasteiger partial charge is 0.255 e. The molecule has 0 aliphatic heterocycles. The Morgan fingerprint density at radius 3 is 2.56 bits per heavy atom. The number of carbonyl (C=O) groups excluding carboxylic acids is 1. The number of rotatable bonds is 5. The molecule has 0 saturated heterocycles. The fourth-order valence-electron chi connectivity index (χ4n) is 4.72.